The van der Waals surface area contributed by atoms with E-state index in [4.69, 9.17) is 4.42 Å². The Balaban J connectivity index is 2.42. The van der Waals surface area contributed by atoms with Crippen molar-refractivity contribution < 1.29 is 9.21 Å². The second kappa shape index (κ2) is 3.77. The number of nitrogens with one attached hydrogen (secondary N) is 1. The highest BCUT2D eigenvalue weighted by molar-refractivity contribution is 5.90. The van der Waals surface area contributed by atoms with Crippen LogP contribution >= 0.6 is 0 Å². The first kappa shape index (κ1) is 9.77. The topological polar surface area (TPSA) is 42.2 Å². The second-order valence-corrected chi connectivity index (χ2v) is 3.41. The normalized spacial score (nSPS) is 10.5. The molecule has 0 aliphatic heterocycles. The zero-order valence-electron chi connectivity index (χ0n) is 8.76. The van der Waals surface area contributed by atoms with Crippen LogP contribution in [0, 0.1) is 6.07 Å². The molecule has 2 aromatic rings. The van der Waals surface area contributed by atoms with E-state index in [0.717, 1.165) is 17.4 Å². The van der Waals surface area contributed by atoms with Gasteiger partial charge in [-0.15, -0.1) is 0 Å². The molecule has 1 aromatic heterocycles. The molecule has 1 heterocycles. The molecule has 0 aliphatic carbocycles. The Labute approximate surface area is 88.1 Å². The molecule has 3 nitrogen and oxygen atoms in total. The Kier molecular flexibility index (Phi) is 2.46. The van der Waals surface area contributed by atoms with E-state index >= 15 is 0 Å². The molecule has 0 spiro atoms. The lowest BCUT2D eigenvalue weighted by Gasteiger charge is -1.94. The van der Waals surface area contributed by atoms with Crippen LogP contribution in [0.25, 0.3) is 11.0 Å². The number of carbonyl (C=O) groups is 1. The van der Waals surface area contributed by atoms with Gasteiger partial charge in [-0.1, -0.05) is 19.1 Å². The van der Waals surface area contributed by atoms with Gasteiger partial charge in [0.2, 0.25) is 11.8 Å². The van der Waals surface area contributed by atoms with Crippen molar-refractivity contribution in [3.05, 3.63) is 29.8 Å². The predicted octanol–water partition coefficient (Wildman–Crippen LogP) is 2.75. The second-order valence-electron chi connectivity index (χ2n) is 3.41. The van der Waals surface area contributed by atoms with E-state index in [1.807, 2.05) is 12.1 Å². The number of hydrogen-bond acceptors (Lipinski definition) is 2. The Morgan fingerprint density at radius 2 is 2.33 bits per heavy atom. The lowest BCUT2D eigenvalue weighted by Crippen LogP contribution is -2.04. The third-order valence-corrected chi connectivity index (χ3v) is 2.18. The van der Waals surface area contributed by atoms with Gasteiger partial charge in [0.15, 0.2) is 0 Å². The van der Waals surface area contributed by atoms with Gasteiger partial charge in [0, 0.05) is 24.4 Å². The quantitative estimate of drug-likeness (QED) is 0.813. The molecule has 1 radical (unpaired) electrons. The van der Waals surface area contributed by atoms with Crippen molar-refractivity contribution in [1.82, 2.24) is 0 Å². The van der Waals surface area contributed by atoms with Gasteiger partial charge in [-0.3, -0.25) is 10.1 Å². The third-order valence-electron chi connectivity index (χ3n) is 2.18. The highest BCUT2D eigenvalue weighted by Gasteiger charge is 2.05. The van der Waals surface area contributed by atoms with Crippen molar-refractivity contribution in [2.75, 3.05) is 5.32 Å². The van der Waals surface area contributed by atoms with Gasteiger partial charge in [0.05, 0.1) is 0 Å². The number of benzene rings is 1. The summed E-state index contributed by atoms with van der Waals surface area (Å²) in [6, 6.07) is 8.93. The molecule has 0 unspecified atom stereocenters. The standard InChI is InChI=1S/C12H12NO2/c1-3-9-4-5-10-7-12(13-8(2)14)15-11(10)6-9/h4-5,7H,3H2,1-2H3,(H,13,14). The molecular formula is C12H12NO2. The Morgan fingerprint density at radius 1 is 1.53 bits per heavy atom. The van der Waals surface area contributed by atoms with E-state index in [2.05, 4.69) is 18.3 Å². The fourth-order valence-electron chi connectivity index (χ4n) is 1.45. The van der Waals surface area contributed by atoms with Crippen molar-refractivity contribution >= 4 is 22.8 Å². The summed E-state index contributed by atoms with van der Waals surface area (Å²) in [6.07, 6.45) is 0.923. The number of amides is 1. The molecule has 1 amide bonds. The monoisotopic (exact) mass is 202 g/mol. The fourth-order valence-corrected chi connectivity index (χ4v) is 1.45. The first-order valence-corrected chi connectivity index (χ1v) is 4.91. The van der Waals surface area contributed by atoms with E-state index < -0.39 is 0 Å². The molecule has 0 atom stereocenters. The lowest BCUT2D eigenvalue weighted by molar-refractivity contribution is -0.114. The average molecular weight is 202 g/mol. The Morgan fingerprint density at radius 3 is 3.00 bits per heavy atom. The first-order valence-electron chi connectivity index (χ1n) is 4.91. The van der Waals surface area contributed by atoms with Crippen molar-refractivity contribution in [2.24, 2.45) is 0 Å². The molecule has 1 N–H and O–H groups in total. The largest absolute Gasteiger partial charge is 0.440 e. The summed E-state index contributed by atoms with van der Waals surface area (Å²) >= 11 is 0. The van der Waals surface area contributed by atoms with Gasteiger partial charge in [-0.25, -0.2) is 0 Å². The van der Waals surface area contributed by atoms with Gasteiger partial charge < -0.3 is 4.42 Å². The van der Waals surface area contributed by atoms with Gasteiger partial charge in [0.25, 0.3) is 0 Å². The summed E-state index contributed by atoms with van der Waals surface area (Å²) in [5, 5.41) is 3.56. The minimum atomic E-state index is -0.134. The number of fused-ring (bicyclic) bond motifs is 1. The van der Waals surface area contributed by atoms with Crippen molar-refractivity contribution in [2.45, 2.75) is 20.3 Å². The zero-order valence-corrected chi connectivity index (χ0v) is 8.76. The van der Waals surface area contributed by atoms with E-state index in [-0.39, 0.29) is 5.91 Å². The average Bonchev–Trinajstić information content (AvgIpc) is 2.57. The maximum Gasteiger partial charge on any atom is 0.223 e. The summed E-state index contributed by atoms with van der Waals surface area (Å²) < 4.78 is 5.43. The van der Waals surface area contributed by atoms with Gasteiger partial charge in [0.1, 0.15) is 5.58 Å². The van der Waals surface area contributed by atoms with Crippen LogP contribution in [0.3, 0.4) is 0 Å². The molecule has 0 saturated heterocycles. The fraction of sp³-hybridized carbons (Fsp3) is 0.250. The zero-order chi connectivity index (χ0) is 10.8. The molecule has 0 aliphatic rings. The smallest absolute Gasteiger partial charge is 0.223 e. The van der Waals surface area contributed by atoms with Crippen molar-refractivity contribution in [1.29, 1.82) is 0 Å². The maximum absolute atomic E-state index is 10.8. The molecule has 0 fully saturated rings. The number of anilines is 1. The van der Waals surface area contributed by atoms with Gasteiger partial charge in [-0.05, 0) is 12.0 Å². The Hall–Kier alpha value is -1.77. The van der Waals surface area contributed by atoms with Crippen molar-refractivity contribution in [3.8, 4) is 0 Å². The molecule has 15 heavy (non-hydrogen) atoms. The van der Waals surface area contributed by atoms with Crippen LogP contribution in [0.4, 0.5) is 5.88 Å². The van der Waals surface area contributed by atoms with E-state index in [1.54, 1.807) is 6.07 Å². The Bertz CT molecular complexity index is 499. The number of carbonyl (C=O) groups excluding carboxylic acids is 1. The van der Waals surface area contributed by atoms with Crippen LogP contribution in [-0.2, 0) is 11.2 Å². The molecule has 3 heteroatoms. The first-order chi connectivity index (χ1) is 7.19. The minimum absolute atomic E-state index is 0.134. The van der Waals surface area contributed by atoms with Crippen LogP contribution in [-0.4, -0.2) is 5.91 Å². The van der Waals surface area contributed by atoms with E-state index in [0.29, 0.717) is 11.5 Å². The number of furan rings is 1. The van der Waals surface area contributed by atoms with Gasteiger partial charge in [-0.2, -0.15) is 0 Å². The highest BCUT2D eigenvalue weighted by atomic mass is 16.4. The summed E-state index contributed by atoms with van der Waals surface area (Å²) in [6.45, 7) is 3.52. The van der Waals surface area contributed by atoms with Crippen molar-refractivity contribution in [3.63, 3.8) is 0 Å². The molecule has 2 rings (SSSR count). The molecule has 1 aromatic carbocycles. The van der Waals surface area contributed by atoms with E-state index in [9.17, 15) is 4.79 Å². The number of aryl methyl sites for hydroxylation is 1. The summed E-state index contributed by atoms with van der Waals surface area (Å²) in [4.78, 5) is 10.8. The highest BCUT2D eigenvalue weighted by Crippen LogP contribution is 2.23. The third kappa shape index (κ3) is 2.01. The summed E-state index contributed by atoms with van der Waals surface area (Å²) in [7, 11) is 0. The maximum atomic E-state index is 10.8. The summed E-state index contributed by atoms with van der Waals surface area (Å²) in [5.74, 6) is 0.340. The number of rotatable bonds is 2. The van der Waals surface area contributed by atoms with Gasteiger partial charge >= 0.3 is 0 Å². The van der Waals surface area contributed by atoms with E-state index in [1.165, 1.54) is 6.92 Å². The lowest BCUT2D eigenvalue weighted by atomic mass is 10.1. The molecular weight excluding hydrogens is 190 g/mol. The van der Waals surface area contributed by atoms with Crippen LogP contribution in [0.15, 0.2) is 22.6 Å². The van der Waals surface area contributed by atoms with Crippen LogP contribution in [0.5, 0.6) is 0 Å². The number of hydrogen-bond donors (Lipinski definition) is 1. The molecule has 0 saturated carbocycles. The SMILES string of the molecule is CCc1[c]c2oc(NC(C)=O)cc2cc1. The summed E-state index contributed by atoms with van der Waals surface area (Å²) in [5.41, 5.74) is 1.80. The van der Waals surface area contributed by atoms with Crippen LogP contribution in [0.2, 0.25) is 0 Å². The minimum Gasteiger partial charge on any atom is -0.440 e. The molecule has 0 bridgehead atoms. The van der Waals surface area contributed by atoms with Crippen LogP contribution in [0.1, 0.15) is 19.4 Å². The predicted molar refractivity (Wildman–Crippen MR) is 58.7 cm³/mol. The van der Waals surface area contributed by atoms with Crippen LogP contribution < -0.4 is 5.32 Å². The molecule has 77 valence electrons.